The Balaban J connectivity index is 2.03. The Kier molecular flexibility index (Phi) is 2.74. The van der Waals surface area contributed by atoms with Crippen LogP contribution in [0.15, 0.2) is 18.3 Å². The Morgan fingerprint density at radius 2 is 2.62 bits per heavy atom. The van der Waals surface area contributed by atoms with Gasteiger partial charge in [-0.05, 0) is 30.7 Å². The predicted molar refractivity (Wildman–Crippen MR) is 55.3 cm³/mol. The van der Waals surface area contributed by atoms with Crippen LogP contribution in [0.4, 0.5) is 0 Å². The maximum atomic E-state index is 10.6. The number of carbonyl (C=O) groups excluding carboxylic acids is 1. The van der Waals surface area contributed by atoms with Gasteiger partial charge in [0.25, 0.3) is 0 Å². The van der Waals surface area contributed by atoms with Gasteiger partial charge in [0.1, 0.15) is 0 Å². The van der Waals surface area contributed by atoms with Gasteiger partial charge in [-0.3, -0.25) is 4.79 Å². The zero-order valence-electron chi connectivity index (χ0n) is 7.48. The van der Waals surface area contributed by atoms with Gasteiger partial charge in [-0.15, -0.1) is 0 Å². The van der Waals surface area contributed by atoms with Crippen molar-refractivity contribution in [1.82, 2.24) is 4.57 Å². The molecule has 1 atom stereocenters. The van der Waals surface area contributed by atoms with Crippen LogP contribution in [-0.4, -0.2) is 21.9 Å². The van der Waals surface area contributed by atoms with E-state index < -0.39 is 0 Å². The van der Waals surface area contributed by atoms with Crippen molar-refractivity contribution in [2.45, 2.75) is 24.6 Å². The maximum absolute atomic E-state index is 10.6. The molecule has 0 N–H and O–H groups in total. The highest BCUT2D eigenvalue weighted by Crippen LogP contribution is 2.27. The molecule has 1 fully saturated rings. The molecule has 1 aromatic rings. The predicted octanol–water partition coefficient (Wildman–Crippen LogP) is 2.20. The zero-order valence-corrected chi connectivity index (χ0v) is 8.30. The topological polar surface area (TPSA) is 22.0 Å². The number of hydrogen-bond donors (Lipinski definition) is 0. The van der Waals surface area contributed by atoms with Crippen LogP contribution in [0.2, 0.25) is 0 Å². The molecule has 2 heterocycles. The molecule has 1 saturated heterocycles. The first-order valence-corrected chi connectivity index (χ1v) is 5.67. The SMILES string of the molecule is O=Cc1cccn1CC1CCCS1. The number of aldehydes is 1. The standard InChI is InChI=1S/C10H13NOS/c12-8-9-3-1-5-11(9)7-10-4-2-6-13-10/h1,3,5,8,10H,2,4,6-7H2. The molecule has 70 valence electrons. The monoisotopic (exact) mass is 195 g/mol. The maximum Gasteiger partial charge on any atom is 0.166 e. The number of aromatic nitrogens is 1. The summed E-state index contributed by atoms with van der Waals surface area (Å²) in [6, 6.07) is 3.80. The minimum atomic E-state index is 0.714. The molecule has 0 aliphatic carbocycles. The minimum absolute atomic E-state index is 0.714. The molecule has 0 bridgehead atoms. The Morgan fingerprint density at radius 3 is 3.31 bits per heavy atom. The van der Waals surface area contributed by atoms with Gasteiger partial charge < -0.3 is 4.57 Å². The smallest absolute Gasteiger partial charge is 0.166 e. The normalized spacial score (nSPS) is 22.0. The summed E-state index contributed by atoms with van der Waals surface area (Å²) in [5, 5.41) is 0.714. The summed E-state index contributed by atoms with van der Waals surface area (Å²) in [7, 11) is 0. The molecule has 3 heteroatoms. The number of rotatable bonds is 3. The Morgan fingerprint density at radius 1 is 1.69 bits per heavy atom. The van der Waals surface area contributed by atoms with Gasteiger partial charge in [0.05, 0.1) is 5.69 Å². The zero-order chi connectivity index (χ0) is 9.10. The van der Waals surface area contributed by atoms with Crippen LogP contribution in [0.1, 0.15) is 23.3 Å². The number of thioether (sulfide) groups is 1. The molecule has 13 heavy (non-hydrogen) atoms. The average molecular weight is 195 g/mol. The molecule has 2 nitrogen and oxygen atoms in total. The lowest BCUT2D eigenvalue weighted by Crippen LogP contribution is -2.11. The minimum Gasteiger partial charge on any atom is -0.344 e. The van der Waals surface area contributed by atoms with Gasteiger partial charge in [-0.1, -0.05) is 0 Å². The van der Waals surface area contributed by atoms with E-state index in [2.05, 4.69) is 4.57 Å². The van der Waals surface area contributed by atoms with Crippen LogP contribution in [0.25, 0.3) is 0 Å². The Bertz CT molecular complexity index is 289. The van der Waals surface area contributed by atoms with Crippen LogP contribution < -0.4 is 0 Å². The van der Waals surface area contributed by atoms with E-state index >= 15 is 0 Å². The molecule has 1 unspecified atom stereocenters. The van der Waals surface area contributed by atoms with Gasteiger partial charge in [0, 0.05) is 18.0 Å². The highest BCUT2D eigenvalue weighted by Gasteiger charge is 2.16. The van der Waals surface area contributed by atoms with Crippen molar-refractivity contribution >= 4 is 18.0 Å². The van der Waals surface area contributed by atoms with Gasteiger partial charge in [0.15, 0.2) is 6.29 Å². The quantitative estimate of drug-likeness (QED) is 0.690. The van der Waals surface area contributed by atoms with Crippen molar-refractivity contribution in [2.75, 3.05) is 5.75 Å². The second kappa shape index (κ2) is 4.01. The first-order chi connectivity index (χ1) is 6.40. The third kappa shape index (κ3) is 1.97. The molecule has 0 radical (unpaired) electrons. The largest absolute Gasteiger partial charge is 0.344 e. The molecule has 0 saturated carbocycles. The van der Waals surface area contributed by atoms with E-state index in [0.717, 1.165) is 18.5 Å². The molecule has 0 spiro atoms. The van der Waals surface area contributed by atoms with Crippen molar-refractivity contribution in [3.8, 4) is 0 Å². The van der Waals surface area contributed by atoms with Crippen LogP contribution in [0, 0.1) is 0 Å². The summed E-state index contributed by atoms with van der Waals surface area (Å²) in [6.45, 7) is 0.992. The van der Waals surface area contributed by atoms with Gasteiger partial charge in [-0.25, -0.2) is 0 Å². The van der Waals surface area contributed by atoms with Crippen molar-refractivity contribution in [3.05, 3.63) is 24.0 Å². The average Bonchev–Trinajstić information content (AvgIpc) is 2.76. The summed E-state index contributed by atoms with van der Waals surface area (Å²) >= 11 is 2.02. The Hall–Kier alpha value is -0.700. The second-order valence-electron chi connectivity index (χ2n) is 3.34. The first-order valence-electron chi connectivity index (χ1n) is 4.62. The van der Waals surface area contributed by atoms with Crippen molar-refractivity contribution in [2.24, 2.45) is 0 Å². The third-order valence-corrected chi connectivity index (χ3v) is 3.79. The highest BCUT2D eigenvalue weighted by molar-refractivity contribution is 8.00. The second-order valence-corrected chi connectivity index (χ2v) is 4.75. The molecular weight excluding hydrogens is 182 g/mol. The van der Waals surface area contributed by atoms with E-state index in [1.165, 1.54) is 18.6 Å². The lowest BCUT2D eigenvalue weighted by atomic mass is 10.2. The van der Waals surface area contributed by atoms with Gasteiger partial charge in [0.2, 0.25) is 0 Å². The van der Waals surface area contributed by atoms with E-state index in [1.807, 2.05) is 30.1 Å². The number of nitrogens with zero attached hydrogens (tertiary/aromatic N) is 1. The molecule has 0 amide bonds. The van der Waals surface area contributed by atoms with Crippen molar-refractivity contribution in [3.63, 3.8) is 0 Å². The summed E-state index contributed by atoms with van der Waals surface area (Å²) < 4.78 is 2.05. The van der Waals surface area contributed by atoms with Crippen molar-refractivity contribution < 1.29 is 4.79 Å². The fourth-order valence-corrected chi connectivity index (χ4v) is 2.97. The van der Waals surface area contributed by atoms with E-state index in [9.17, 15) is 4.79 Å². The molecular formula is C10H13NOS. The lowest BCUT2D eigenvalue weighted by molar-refractivity contribution is 0.111. The van der Waals surface area contributed by atoms with Crippen molar-refractivity contribution in [1.29, 1.82) is 0 Å². The number of carbonyl (C=O) groups is 1. The fourth-order valence-electron chi connectivity index (χ4n) is 1.71. The van der Waals surface area contributed by atoms with Gasteiger partial charge in [-0.2, -0.15) is 11.8 Å². The van der Waals surface area contributed by atoms with Crippen LogP contribution in [-0.2, 0) is 6.54 Å². The van der Waals surface area contributed by atoms with E-state index in [-0.39, 0.29) is 0 Å². The van der Waals surface area contributed by atoms with Crippen LogP contribution in [0.3, 0.4) is 0 Å². The molecule has 1 aliphatic rings. The van der Waals surface area contributed by atoms with Crippen LogP contribution in [0.5, 0.6) is 0 Å². The summed E-state index contributed by atoms with van der Waals surface area (Å²) in [4.78, 5) is 10.6. The fraction of sp³-hybridized carbons (Fsp3) is 0.500. The lowest BCUT2D eigenvalue weighted by Gasteiger charge is -2.10. The molecule has 1 aromatic heterocycles. The van der Waals surface area contributed by atoms with E-state index in [4.69, 9.17) is 0 Å². The Labute approximate surface area is 82.3 Å². The highest BCUT2D eigenvalue weighted by atomic mass is 32.2. The third-order valence-electron chi connectivity index (χ3n) is 2.41. The van der Waals surface area contributed by atoms with Crippen LogP contribution >= 0.6 is 11.8 Å². The number of hydrogen-bond acceptors (Lipinski definition) is 2. The van der Waals surface area contributed by atoms with Gasteiger partial charge >= 0.3 is 0 Å². The summed E-state index contributed by atoms with van der Waals surface area (Å²) in [6.07, 6.45) is 5.54. The molecule has 0 aromatic carbocycles. The molecule has 2 rings (SSSR count). The van der Waals surface area contributed by atoms with E-state index in [1.54, 1.807) is 0 Å². The summed E-state index contributed by atoms with van der Waals surface area (Å²) in [5.41, 5.74) is 0.799. The first kappa shape index (κ1) is 8.88. The molecule has 1 aliphatic heterocycles. The summed E-state index contributed by atoms with van der Waals surface area (Å²) in [5.74, 6) is 1.28. The van der Waals surface area contributed by atoms with E-state index in [0.29, 0.717) is 5.25 Å².